The van der Waals surface area contributed by atoms with E-state index < -0.39 is 29.8 Å². The van der Waals surface area contributed by atoms with Gasteiger partial charge in [0.05, 0.1) is 11.8 Å². The van der Waals surface area contributed by atoms with E-state index in [1.165, 1.54) is 24.4 Å². The maximum absolute atomic E-state index is 14.5. The lowest BCUT2D eigenvalue weighted by atomic mass is 9.76. The van der Waals surface area contributed by atoms with Crippen molar-refractivity contribution < 1.29 is 17.9 Å². The first-order valence-corrected chi connectivity index (χ1v) is 10.3. The average molecular weight is 475 g/mol. The van der Waals surface area contributed by atoms with E-state index in [-0.39, 0.29) is 38.9 Å². The summed E-state index contributed by atoms with van der Waals surface area (Å²) in [6.45, 7) is 3.23. The van der Waals surface area contributed by atoms with Gasteiger partial charge in [0.2, 0.25) is 0 Å². The van der Waals surface area contributed by atoms with Crippen LogP contribution in [0.3, 0.4) is 0 Å². The van der Waals surface area contributed by atoms with Crippen LogP contribution in [0.2, 0.25) is 5.02 Å². The summed E-state index contributed by atoms with van der Waals surface area (Å²) >= 11 is 6.36. The van der Waals surface area contributed by atoms with Gasteiger partial charge in [-0.15, -0.1) is 0 Å². The van der Waals surface area contributed by atoms with E-state index in [2.05, 4.69) is 20.3 Å². The van der Waals surface area contributed by atoms with E-state index in [1.54, 1.807) is 19.9 Å². The molecule has 0 saturated heterocycles. The number of pyridine rings is 2. The number of hydrogen-bond acceptors (Lipinski definition) is 7. The number of halogens is 4. The number of amidine groups is 1. The Labute approximate surface area is 192 Å². The molecule has 2 aromatic heterocycles. The van der Waals surface area contributed by atoms with Crippen LogP contribution in [0.5, 0.6) is 0 Å². The highest BCUT2D eigenvalue weighted by Crippen LogP contribution is 2.47. The van der Waals surface area contributed by atoms with Crippen molar-refractivity contribution in [3.05, 3.63) is 58.6 Å². The number of aromatic nitrogens is 2. The lowest BCUT2D eigenvalue weighted by molar-refractivity contribution is -0.0347. The number of benzene rings is 1. The fourth-order valence-corrected chi connectivity index (χ4v) is 4.19. The molecule has 11 heteroatoms. The zero-order valence-corrected chi connectivity index (χ0v) is 18.2. The molecule has 0 amide bonds. The molecule has 0 spiro atoms. The van der Waals surface area contributed by atoms with Crippen molar-refractivity contribution in [1.82, 2.24) is 9.97 Å². The van der Waals surface area contributed by atoms with Crippen LogP contribution in [-0.2, 0) is 10.3 Å². The number of nitrogens with zero attached hydrogens (tertiary/aromatic N) is 4. The van der Waals surface area contributed by atoms with E-state index in [0.717, 1.165) is 6.20 Å². The average Bonchev–Trinajstić information content (AvgIpc) is 2.79. The van der Waals surface area contributed by atoms with Crippen LogP contribution in [0.25, 0.3) is 10.9 Å². The Bertz CT molecular complexity index is 1310. The molecule has 7 nitrogen and oxygen atoms in total. The normalized spacial score (nSPS) is 22.5. The third-order valence-corrected chi connectivity index (χ3v) is 6.13. The Balaban J connectivity index is 1.83. The number of nitriles is 1. The molecule has 0 bridgehead atoms. The predicted octanol–water partition coefficient (Wildman–Crippen LogP) is 4.87. The summed E-state index contributed by atoms with van der Waals surface area (Å²) in [5.74, 6) is -1.23. The summed E-state index contributed by atoms with van der Waals surface area (Å²) in [6, 6.07) is 7.35. The van der Waals surface area contributed by atoms with Gasteiger partial charge in [-0.2, -0.15) is 5.26 Å². The number of hydrogen-bond donors (Lipinski definition) is 2. The van der Waals surface area contributed by atoms with Crippen molar-refractivity contribution in [1.29, 1.82) is 5.26 Å². The van der Waals surface area contributed by atoms with Crippen molar-refractivity contribution in [3.63, 3.8) is 0 Å². The minimum absolute atomic E-state index is 0.0564. The molecule has 1 aromatic carbocycles. The molecule has 170 valence electrons. The number of rotatable bonds is 4. The predicted molar refractivity (Wildman–Crippen MR) is 118 cm³/mol. The highest BCUT2D eigenvalue weighted by atomic mass is 35.5. The van der Waals surface area contributed by atoms with Crippen LogP contribution in [0.4, 0.5) is 24.7 Å². The summed E-state index contributed by atoms with van der Waals surface area (Å²) in [7, 11) is 0. The van der Waals surface area contributed by atoms with Crippen LogP contribution < -0.4 is 11.1 Å². The standard InChI is InChI=1S/C22H18ClF3N6O/c1-10-11(2)33-21(28)32-22(10,20(25)26)15-6-13(3-4-16(15)23)31-19-18-14(17(24)9-30-19)5-12(7-27)8-29-18/h3-6,8-11,20H,1-2H3,(H2,28,32)(H,30,31)/t10-,11?,22-/m1/s1. The van der Waals surface area contributed by atoms with Gasteiger partial charge in [0.1, 0.15) is 17.7 Å². The topological polar surface area (TPSA) is 109 Å². The van der Waals surface area contributed by atoms with Gasteiger partial charge in [-0.25, -0.2) is 23.1 Å². The molecular formula is C22H18ClF3N6O. The lowest BCUT2D eigenvalue weighted by Gasteiger charge is -2.42. The van der Waals surface area contributed by atoms with Crippen molar-refractivity contribution in [2.75, 3.05) is 5.32 Å². The molecule has 0 saturated carbocycles. The number of ether oxygens (including phenoxy) is 1. The molecule has 0 fully saturated rings. The van der Waals surface area contributed by atoms with Crippen molar-refractivity contribution in [3.8, 4) is 6.07 Å². The molecule has 3 atom stereocenters. The number of nitrogens with two attached hydrogens (primary N) is 1. The minimum atomic E-state index is -2.93. The fraction of sp³-hybridized carbons (Fsp3) is 0.273. The second kappa shape index (κ2) is 8.41. The number of alkyl halides is 2. The number of fused-ring (bicyclic) bond motifs is 1. The van der Waals surface area contributed by atoms with Gasteiger partial charge < -0.3 is 15.8 Å². The first-order valence-electron chi connectivity index (χ1n) is 9.89. The van der Waals surface area contributed by atoms with Gasteiger partial charge >= 0.3 is 0 Å². The molecule has 3 aromatic rings. The van der Waals surface area contributed by atoms with Crippen molar-refractivity contribution >= 4 is 40.0 Å². The van der Waals surface area contributed by atoms with Crippen LogP contribution >= 0.6 is 11.6 Å². The molecule has 33 heavy (non-hydrogen) atoms. The van der Waals surface area contributed by atoms with Crippen molar-refractivity contribution in [2.45, 2.75) is 31.9 Å². The zero-order chi connectivity index (χ0) is 23.9. The summed E-state index contributed by atoms with van der Waals surface area (Å²) in [4.78, 5) is 12.2. The Hall–Kier alpha value is -3.58. The number of aliphatic imine (C=N–C) groups is 1. The fourth-order valence-electron chi connectivity index (χ4n) is 3.92. The summed E-state index contributed by atoms with van der Waals surface area (Å²) < 4.78 is 48.7. The summed E-state index contributed by atoms with van der Waals surface area (Å²) in [5, 5.41) is 12.2. The smallest absolute Gasteiger partial charge is 0.283 e. The quantitative estimate of drug-likeness (QED) is 0.558. The zero-order valence-electron chi connectivity index (χ0n) is 17.5. The highest BCUT2D eigenvalue weighted by molar-refractivity contribution is 6.31. The SMILES string of the molecule is CC1OC(N)=N[C@](c2cc(Nc3ncc(F)c4cc(C#N)cnc34)ccc2Cl)(C(F)F)[C@@H]1C. The highest BCUT2D eigenvalue weighted by Gasteiger charge is 2.53. The summed E-state index contributed by atoms with van der Waals surface area (Å²) in [5.41, 5.74) is 4.44. The van der Waals surface area contributed by atoms with E-state index in [0.29, 0.717) is 5.69 Å². The first kappa shape index (κ1) is 22.6. The Morgan fingerprint density at radius 2 is 2.00 bits per heavy atom. The van der Waals surface area contributed by atoms with Crippen LogP contribution in [-0.4, -0.2) is 28.5 Å². The number of anilines is 2. The first-order chi connectivity index (χ1) is 15.7. The van der Waals surface area contributed by atoms with Gasteiger partial charge in [-0.3, -0.25) is 4.98 Å². The van der Waals surface area contributed by atoms with E-state index in [1.807, 2.05) is 6.07 Å². The van der Waals surface area contributed by atoms with Gasteiger partial charge in [-0.1, -0.05) is 18.5 Å². The van der Waals surface area contributed by atoms with Gasteiger partial charge in [-0.05, 0) is 31.2 Å². The third kappa shape index (κ3) is 3.78. The molecule has 1 aliphatic rings. The molecule has 3 N–H and O–H groups in total. The second-order valence-electron chi connectivity index (χ2n) is 7.69. The molecular weight excluding hydrogens is 457 g/mol. The summed E-state index contributed by atoms with van der Waals surface area (Å²) in [6.07, 6.45) is -1.29. The van der Waals surface area contributed by atoms with Crippen molar-refractivity contribution in [2.24, 2.45) is 16.6 Å². The van der Waals surface area contributed by atoms with Gasteiger partial charge in [0, 0.05) is 33.8 Å². The van der Waals surface area contributed by atoms with Gasteiger partial charge in [0.15, 0.2) is 17.2 Å². The van der Waals surface area contributed by atoms with E-state index >= 15 is 0 Å². The molecule has 1 unspecified atom stereocenters. The molecule has 0 radical (unpaired) electrons. The second-order valence-corrected chi connectivity index (χ2v) is 8.10. The van der Waals surface area contributed by atoms with E-state index in [4.69, 9.17) is 27.3 Å². The largest absolute Gasteiger partial charge is 0.462 e. The molecule has 1 aliphatic heterocycles. The lowest BCUT2D eigenvalue weighted by Crippen LogP contribution is -2.51. The Kier molecular flexibility index (Phi) is 5.76. The van der Waals surface area contributed by atoms with Gasteiger partial charge in [0.25, 0.3) is 12.4 Å². The molecule has 0 aliphatic carbocycles. The molecule has 4 rings (SSSR count). The molecule has 3 heterocycles. The van der Waals surface area contributed by atoms with Crippen LogP contribution in [0, 0.1) is 23.1 Å². The number of nitrogens with one attached hydrogen (secondary N) is 1. The van der Waals surface area contributed by atoms with Crippen LogP contribution in [0.15, 0.2) is 41.7 Å². The Morgan fingerprint density at radius 1 is 1.24 bits per heavy atom. The maximum Gasteiger partial charge on any atom is 0.283 e. The van der Waals surface area contributed by atoms with Crippen LogP contribution in [0.1, 0.15) is 25.0 Å². The third-order valence-electron chi connectivity index (χ3n) is 5.80. The Morgan fingerprint density at radius 3 is 2.70 bits per heavy atom. The maximum atomic E-state index is 14.5. The monoisotopic (exact) mass is 474 g/mol. The minimum Gasteiger partial charge on any atom is -0.462 e. The van der Waals surface area contributed by atoms with E-state index in [9.17, 15) is 13.2 Å².